The van der Waals surface area contributed by atoms with Crippen LogP contribution in [-0.4, -0.2) is 78.8 Å². The number of carbonyl (C=O) groups excluding carboxylic acids is 1. The molecule has 2 N–H and O–H groups in total. The molecule has 0 bridgehead atoms. The van der Waals surface area contributed by atoms with Gasteiger partial charge in [0.05, 0.1) is 16.5 Å². The van der Waals surface area contributed by atoms with Gasteiger partial charge >= 0.3 is 18.1 Å². The van der Waals surface area contributed by atoms with Crippen molar-refractivity contribution in [2.45, 2.75) is 65.2 Å². The molecule has 264 valence electrons. The maximum atomic E-state index is 12.6. The summed E-state index contributed by atoms with van der Waals surface area (Å²) in [5.41, 5.74) is 6.87. The van der Waals surface area contributed by atoms with Crippen LogP contribution in [0, 0.1) is 10.8 Å². The summed E-state index contributed by atoms with van der Waals surface area (Å²) in [5, 5.41) is 31.8. The molecule has 2 aromatic carbocycles. The molecular weight excluding hydrogens is 666 g/mol. The maximum absolute atomic E-state index is 12.6. The van der Waals surface area contributed by atoms with Gasteiger partial charge in [0, 0.05) is 30.9 Å². The first-order valence-corrected chi connectivity index (χ1v) is 19.3. The number of carboxylic acids is 3. The smallest absolute Gasteiger partial charge is 0.430 e. The lowest BCUT2D eigenvalue weighted by Crippen LogP contribution is -2.57. The Morgan fingerprint density at radius 3 is 2.04 bits per heavy atom. The van der Waals surface area contributed by atoms with E-state index in [9.17, 15) is 33.0 Å². The Kier molecular flexibility index (Phi) is 8.77. The number of fused-ring (bicyclic) bond motifs is 4. The fourth-order valence-electron chi connectivity index (χ4n) is 8.37. The largest absolute Gasteiger partial charge is 0.542 e. The molecule has 12 heteroatoms. The highest BCUT2D eigenvalue weighted by Gasteiger charge is 2.49. The van der Waals surface area contributed by atoms with Gasteiger partial charge in [-0.05, 0) is 100 Å². The highest BCUT2D eigenvalue weighted by atomic mass is 28.3. The van der Waals surface area contributed by atoms with Gasteiger partial charge in [0.2, 0.25) is 0 Å². The number of nitrogens with zero attached hydrogens (tertiary/aromatic N) is 2. The zero-order valence-corrected chi connectivity index (χ0v) is 29.6. The quantitative estimate of drug-likeness (QED) is 0.322. The van der Waals surface area contributed by atoms with Crippen LogP contribution in [0.1, 0.15) is 78.8 Å². The van der Waals surface area contributed by atoms with Gasteiger partial charge in [-0.15, -0.1) is 0 Å². The van der Waals surface area contributed by atoms with Crippen LogP contribution in [0.25, 0.3) is 5.57 Å². The van der Waals surface area contributed by atoms with Crippen LogP contribution in [0.3, 0.4) is 0 Å². The van der Waals surface area contributed by atoms with Crippen LogP contribution in [-0.2, 0) is 4.79 Å². The number of hydrogen-bond acceptors (Lipinski definition) is 5. The standard InChI is InChI=1S/C36H40N2O4Si.C2HF3O2/c1-35(2)19-37(20-35)24-9-12-27-30(17-24)43(14-6-5-7-15-43)31-18-25(38-21-36(3,4)22-38)10-13-28(31)32(27)29-16-23(33(39)40)8-11-26(29)34(41)42;3-2(4,5)1(6)7/h8-13,16-18H,5-7,14-15,19-22H2,1-4H3,(H-,39,40,41,42);(H,6,7). The van der Waals surface area contributed by atoms with E-state index in [1.54, 1.807) is 6.07 Å². The van der Waals surface area contributed by atoms with E-state index in [2.05, 4.69) is 73.6 Å². The van der Waals surface area contributed by atoms with E-state index >= 15 is 0 Å². The molecule has 0 amide bonds. The molecule has 50 heavy (non-hydrogen) atoms. The van der Waals surface area contributed by atoms with Gasteiger partial charge in [-0.25, -0.2) is 14.2 Å². The first kappa shape index (κ1) is 35.4. The Morgan fingerprint density at radius 1 is 0.860 bits per heavy atom. The van der Waals surface area contributed by atoms with Crippen molar-refractivity contribution >= 4 is 48.1 Å². The monoisotopic (exact) mass is 706 g/mol. The molecule has 0 aromatic heterocycles. The van der Waals surface area contributed by atoms with Gasteiger partial charge in [-0.1, -0.05) is 39.2 Å². The van der Waals surface area contributed by atoms with Crippen LogP contribution in [0.15, 0.2) is 65.4 Å². The summed E-state index contributed by atoms with van der Waals surface area (Å²) in [5.74, 6) is -5.11. The van der Waals surface area contributed by atoms with Crippen LogP contribution < -0.4 is 15.2 Å². The number of aromatic carboxylic acids is 2. The number of aliphatic carboxylic acids is 1. The Morgan fingerprint density at radius 2 is 1.50 bits per heavy atom. The lowest BCUT2D eigenvalue weighted by atomic mass is 9.83. The second-order valence-corrected chi connectivity index (χ2v) is 19.9. The third kappa shape index (κ3) is 6.45. The van der Waals surface area contributed by atoms with E-state index in [0.717, 1.165) is 42.9 Å². The normalized spacial score (nSPS) is 21.2. The number of benzene rings is 2. The number of carboxylic acid groups (broad SMARTS) is 3. The van der Waals surface area contributed by atoms with E-state index in [1.165, 1.54) is 65.3 Å². The Bertz CT molecular complexity index is 1910. The number of anilines is 1. The number of allylic oxidation sites excluding steroid dienone is 5. The minimum Gasteiger partial charge on any atom is -0.542 e. The summed E-state index contributed by atoms with van der Waals surface area (Å²) in [7, 11) is -2.21. The summed E-state index contributed by atoms with van der Waals surface area (Å²) in [6.07, 6.45) is 5.31. The molecule has 3 saturated heterocycles. The molecule has 1 spiro atoms. The lowest BCUT2D eigenvalue weighted by molar-refractivity contribution is -0.621. The molecule has 0 unspecified atom stereocenters. The second kappa shape index (κ2) is 12.4. The third-order valence-corrected chi connectivity index (χ3v) is 15.8. The molecule has 4 heterocycles. The highest BCUT2D eigenvalue weighted by molar-refractivity contribution is 7.00. The zero-order valence-electron chi connectivity index (χ0n) is 28.6. The van der Waals surface area contributed by atoms with Crippen LogP contribution in [0.2, 0.25) is 12.1 Å². The predicted molar refractivity (Wildman–Crippen MR) is 185 cm³/mol. The first-order chi connectivity index (χ1) is 23.3. The van der Waals surface area contributed by atoms with Gasteiger partial charge < -0.3 is 25.0 Å². The zero-order chi connectivity index (χ0) is 36.4. The van der Waals surface area contributed by atoms with E-state index < -0.39 is 32.2 Å². The van der Waals surface area contributed by atoms with Crippen molar-refractivity contribution in [3.05, 3.63) is 87.6 Å². The minimum absolute atomic E-state index is 0.102. The molecule has 2 aromatic rings. The minimum atomic E-state index is -5.19. The summed E-state index contributed by atoms with van der Waals surface area (Å²) in [4.78, 5) is 36.0. The third-order valence-electron chi connectivity index (χ3n) is 10.5. The SMILES string of the molecule is CC1(C)CN(c2ccc3c(c2)[Si]2(CCCCC2)C2=CC(=[N+]4CC(C)(C)C4)C=CC2=C3c2cc(C(=O)O)ccc2C(=O)O)C1.O=C([O-])C(F)(F)F. The molecule has 0 saturated carbocycles. The van der Waals surface area contributed by atoms with Gasteiger partial charge in [-0.3, -0.25) is 0 Å². The van der Waals surface area contributed by atoms with Crippen molar-refractivity contribution in [3.63, 3.8) is 0 Å². The highest BCUT2D eigenvalue weighted by Crippen LogP contribution is 2.48. The Balaban J connectivity index is 0.000000561. The van der Waals surface area contributed by atoms with E-state index in [1.807, 2.05) is 0 Å². The average molecular weight is 707 g/mol. The summed E-state index contributed by atoms with van der Waals surface area (Å²) in [6, 6.07) is 13.7. The molecule has 3 fully saturated rings. The van der Waals surface area contributed by atoms with Gasteiger partial charge in [0.25, 0.3) is 0 Å². The predicted octanol–water partition coefficient (Wildman–Crippen LogP) is 5.41. The fourth-order valence-corrected chi connectivity index (χ4v) is 14.0. The Labute approximate surface area is 289 Å². The van der Waals surface area contributed by atoms with Crippen molar-refractivity contribution in [2.75, 3.05) is 31.1 Å². The van der Waals surface area contributed by atoms with Crippen LogP contribution >= 0.6 is 0 Å². The number of alkyl halides is 3. The lowest BCUT2D eigenvalue weighted by Gasteiger charge is -2.49. The van der Waals surface area contributed by atoms with E-state index in [0.29, 0.717) is 16.4 Å². The van der Waals surface area contributed by atoms with Crippen LogP contribution in [0.4, 0.5) is 18.9 Å². The Hall–Kier alpha value is -4.45. The maximum Gasteiger partial charge on any atom is 0.430 e. The summed E-state index contributed by atoms with van der Waals surface area (Å²) >= 11 is 0. The van der Waals surface area contributed by atoms with Crippen molar-refractivity contribution in [1.82, 2.24) is 0 Å². The molecule has 0 radical (unpaired) electrons. The summed E-state index contributed by atoms with van der Waals surface area (Å²) < 4.78 is 34.0. The average Bonchev–Trinajstić information content (AvgIpc) is 3.02. The first-order valence-electron chi connectivity index (χ1n) is 16.9. The van der Waals surface area contributed by atoms with E-state index in [-0.39, 0.29) is 11.1 Å². The number of halogens is 3. The molecule has 5 aliphatic rings. The molecule has 4 aliphatic heterocycles. The van der Waals surface area contributed by atoms with Gasteiger partial charge in [-0.2, -0.15) is 13.2 Å². The number of carbonyl (C=O) groups is 3. The fraction of sp³-hybridized carbons (Fsp3) is 0.421. The molecule has 1 aliphatic carbocycles. The van der Waals surface area contributed by atoms with Crippen molar-refractivity contribution < 1.29 is 47.4 Å². The molecule has 7 rings (SSSR count). The van der Waals surface area contributed by atoms with Gasteiger partial charge in [0.1, 0.15) is 14.0 Å². The van der Waals surface area contributed by atoms with Crippen molar-refractivity contribution in [1.29, 1.82) is 0 Å². The molecular formula is C38H41F3N2O6Si. The molecule has 8 nitrogen and oxygen atoms in total. The van der Waals surface area contributed by atoms with E-state index in [4.69, 9.17) is 9.90 Å². The summed E-state index contributed by atoms with van der Waals surface area (Å²) in [6.45, 7) is 13.3. The number of rotatable bonds is 4. The van der Waals surface area contributed by atoms with Crippen LogP contribution in [0.5, 0.6) is 0 Å². The molecule has 0 atom stereocenters. The van der Waals surface area contributed by atoms with Crippen molar-refractivity contribution in [3.8, 4) is 0 Å². The second-order valence-electron chi connectivity index (χ2n) is 15.7. The van der Waals surface area contributed by atoms with Crippen molar-refractivity contribution in [2.24, 2.45) is 10.8 Å². The topological polar surface area (TPSA) is 121 Å². The van der Waals surface area contributed by atoms with Gasteiger partial charge in [0.15, 0.2) is 18.8 Å². The number of hydrogen-bond donors (Lipinski definition) is 2.